The Labute approximate surface area is 165 Å². The molecule has 1 spiro atoms. The zero-order valence-corrected chi connectivity index (χ0v) is 16.6. The minimum atomic E-state index is -0.526. The van der Waals surface area contributed by atoms with Crippen molar-refractivity contribution >= 4 is 11.8 Å². The lowest BCUT2D eigenvalue weighted by atomic mass is 9.63. The number of halogens is 1. The third kappa shape index (κ3) is 3.21. The predicted molar refractivity (Wildman–Crippen MR) is 103 cm³/mol. The monoisotopic (exact) mass is 388 g/mol. The van der Waals surface area contributed by atoms with Gasteiger partial charge >= 0.3 is 0 Å². The number of nitrogens with zero attached hydrogens (tertiary/aromatic N) is 2. The van der Waals surface area contributed by atoms with Crippen molar-refractivity contribution < 1.29 is 18.7 Å². The van der Waals surface area contributed by atoms with Gasteiger partial charge in [0.2, 0.25) is 11.8 Å². The summed E-state index contributed by atoms with van der Waals surface area (Å²) in [6.45, 7) is 4.74. The molecule has 0 atom stereocenters. The van der Waals surface area contributed by atoms with Gasteiger partial charge in [0.1, 0.15) is 5.82 Å². The maximum absolute atomic E-state index is 13.6. The number of hydrogen-bond donors (Lipinski definition) is 0. The van der Waals surface area contributed by atoms with Gasteiger partial charge in [0.05, 0.1) is 5.41 Å². The lowest BCUT2D eigenvalue weighted by Crippen LogP contribution is -2.54. The third-order valence-electron chi connectivity index (χ3n) is 7.12. The number of rotatable bonds is 2. The second-order valence-corrected chi connectivity index (χ2v) is 8.49. The van der Waals surface area contributed by atoms with Gasteiger partial charge < -0.3 is 14.5 Å². The number of carbonyl (C=O) groups excluding carboxylic acids is 2. The molecule has 2 amide bonds. The van der Waals surface area contributed by atoms with Crippen LogP contribution in [0.15, 0.2) is 24.3 Å². The average Bonchev–Trinajstić information content (AvgIpc) is 2.83. The van der Waals surface area contributed by atoms with Gasteiger partial charge in [-0.05, 0) is 49.8 Å². The van der Waals surface area contributed by atoms with Gasteiger partial charge in [0.25, 0.3) is 0 Å². The first-order valence-electron chi connectivity index (χ1n) is 10.4. The molecule has 2 aliphatic heterocycles. The van der Waals surface area contributed by atoms with Gasteiger partial charge in [-0.3, -0.25) is 9.59 Å². The smallest absolute Gasteiger partial charge is 0.233 e. The normalized spacial score (nSPS) is 23.8. The van der Waals surface area contributed by atoms with Gasteiger partial charge in [-0.1, -0.05) is 18.6 Å². The zero-order chi connectivity index (χ0) is 19.8. The van der Waals surface area contributed by atoms with Crippen LogP contribution < -0.4 is 0 Å². The van der Waals surface area contributed by atoms with Gasteiger partial charge in [-0.15, -0.1) is 0 Å². The Morgan fingerprint density at radius 1 is 0.964 bits per heavy atom. The summed E-state index contributed by atoms with van der Waals surface area (Å²) in [7, 11) is 0. The van der Waals surface area contributed by atoms with Crippen LogP contribution in [0.1, 0.15) is 51.0 Å². The Bertz CT molecular complexity index is 739. The van der Waals surface area contributed by atoms with Gasteiger partial charge in [-0.2, -0.15) is 0 Å². The molecule has 152 valence electrons. The molecule has 5 nitrogen and oxygen atoms in total. The van der Waals surface area contributed by atoms with Crippen LogP contribution in [0.5, 0.6) is 0 Å². The van der Waals surface area contributed by atoms with Crippen molar-refractivity contribution in [1.82, 2.24) is 9.80 Å². The molecule has 0 aromatic heterocycles. The van der Waals surface area contributed by atoms with Crippen molar-refractivity contribution in [2.75, 3.05) is 32.8 Å². The van der Waals surface area contributed by atoms with E-state index in [2.05, 4.69) is 0 Å². The third-order valence-corrected chi connectivity index (χ3v) is 7.12. The van der Waals surface area contributed by atoms with Crippen molar-refractivity contribution in [2.24, 2.45) is 0 Å². The van der Waals surface area contributed by atoms with E-state index in [-0.39, 0.29) is 23.2 Å². The van der Waals surface area contributed by atoms with E-state index in [1.54, 1.807) is 19.1 Å². The van der Waals surface area contributed by atoms with Crippen LogP contribution in [0.3, 0.4) is 0 Å². The summed E-state index contributed by atoms with van der Waals surface area (Å²) in [5, 5.41) is 0. The molecule has 1 aromatic carbocycles. The number of ether oxygens (including phenoxy) is 1. The first-order chi connectivity index (χ1) is 13.5. The molecule has 0 radical (unpaired) electrons. The molecular formula is C22H29FN2O3. The number of benzene rings is 1. The van der Waals surface area contributed by atoms with E-state index in [4.69, 9.17) is 4.74 Å². The fraction of sp³-hybridized carbons (Fsp3) is 0.636. The van der Waals surface area contributed by atoms with Crippen LogP contribution in [-0.4, -0.2) is 60.0 Å². The molecule has 28 heavy (non-hydrogen) atoms. The summed E-state index contributed by atoms with van der Waals surface area (Å²) in [6, 6.07) is 6.40. The highest BCUT2D eigenvalue weighted by Gasteiger charge is 2.49. The fourth-order valence-electron chi connectivity index (χ4n) is 5.24. The molecule has 1 saturated carbocycles. The predicted octanol–water partition coefficient (Wildman–Crippen LogP) is 2.88. The molecule has 4 rings (SSSR count). The fourth-order valence-corrected chi connectivity index (χ4v) is 5.24. The Balaban J connectivity index is 1.56. The standard InChI is InChI=1S/C22H29FN2O3/c1-17(26)25-14-13-24(12-9-21(25)10-15-28-16-11-21)20(27)22(7-2-8-22)18-3-5-19(23)6-4-18/h3-6H,2,7-16H2,1H3. The van der Waals surface area contributed by atoms with Crippen molar-refractivity contribution in [3.63, 3.8) is 0 Å². The number of carbonyl (C=O) groups is 2. The average molecular weight is 388 g/mol. The lowest BCUT2D eigenvalue weighted by Gasteiger charge is -2.45. The highest BCUT2D eigenvalue weighted by molar-refractivity contribution is 5.89. The first kappa shape index (κ1) is 19.4. The van der Waals surface area contributed by atoms with E-state index in [0.717, 1.165) is 44.1 Å². The van der Waals surface area contributed by atoms with Gasteiger partial charge in [0, 0.05) is 45.3 Å². The molecule has 2 heterocycles. The highest BCUT2D eigenvalue weighted by atomic mass is 19.1. The Morgan fingerprint density at radius 3 is 2.21 bits per heavy atom. The summed E-state index contributed by atoms with van der Waals surface area (Å²) < 4.78 is 18.9. The Morgan fingerprint density at radius 2 is 1.64 bits per heavy atom. The van der Waals surface area contributed by atoms with E-state index in [9.17, 15) is 14.0 Å². The van der Waals surface area contributed by atoms with Crippen LogP contribution in [0.25, 0.3) is 0 Å². The van der Waals surface area contributed by atoms with Crippen LogP contribution >= 0.6 is 0 Å². The Kier molecular flexibility index (Phi) is 5.17. The zero-order valence-electron chi connectivity index (χ0n) is 16.6. The van der Waals surface area contributed by atoms with E-state index < -0.39 is 5.41 Å². The maximum Gasteiger partial charge on any atom is 0.233 e. The summed E-state index contributed by atoms with van der Waals surface area (Å²) in [6.07, 6.45) is 5.08. The molecular weight excluding hydrogens is 359 g/mol. The minimum absolute atomic E-state index is 0.0769. The molecule has 0 N–H and O–H groups in total. The second-order valence-electron chi connectivity index (χ2n) is 8.49. The molecule has 0 bridgehead atoms. The van der Waals surface area contributed by atoms with E-state index in [1.165, 1.54) is 12.1 Å². The summed E-state index contributed by atoms with van der Waals surface area (Å²) in [4.78, 5) is 29.9. The summed E-state index contributed by atoms with van der Waals surface area (Å²) in [5.74, 6) is -0.0648. The quantitative estimate of drug-likeness (QED) is 0.783. The molecule has 3 aliphatic rings. The van der Waals surface area contributed by atoms with Crippen molar-refractivity contribution in [2.45, 2.75) is 56.4 Å². The molecule has 1 aliphatic carbocycles. The second kappa shape index (κ2) is 7.47. The number of amides is 2. The highest BCUT2D eigenvalue weighted by Crippen LogP contribution is 2.46. The van der Waals surface area contributed by atoms with Crippen LogP contribution in [0, 0.1) is 5.82 Å². The van der Waals surface area contributed by atoms with Crippen molar-refractivity contribution in [3.05, 3.63) is 35.6 Å². The molecule has 6 heteroatoms. The molecule has 3 fully saturated rings. The largest absolute Gasteiger partial charge is 0.381 e. The van der Waals surface area contributed by atoms with Gasteiger partial charge in [0.15, 0.2) is 0 Å². The van der Waals surface area contributed by atoms with E-state index >= 15 is 0 Å². The summed E-state index contributed by atoms with van der Waals surface area (Å²) >= 11 is 0. The molecule has 2 saturated heterocycles. The maximum atomic E-state index is 13.6. The summed E-state index contributed by atoms with van der Waals surface area (Å²) in [5.41, 5.74) is 0.197. The minimum Gasteiger partial charge on any atom is -0.381 e. The van der Waals surface area contributed by atoms with E-state index in [0.29, 0.717) is 32.8 Å². The van der Waals surface area contributed by atoms with E-state index in [1.807, 2.05) is 9.80 Å². The van der Waals surface area contributed by atoms with Crippen LogP contribution in [0.2, 0.25) is 0 Å². The van der Waals surface area contributed by atoms with Crippen LogP contribution in [0.4, 0.5) is 4.39 Å². The lowest BCUT2D eigenvalue weighted by molar-refractivity contribution is -0.141. The topological polar surface area (TPSA) is 49.9 Å². The number of hydrogen-bond acceptors (Lipinski definition) is 3. The first-order valence-corrected chi connectivity index (χ1v) is 10.4. The SMILES string of the molecule is CC(=O)N1CCN(C(=O)C2(c3ccc(F)cc3)CCC2)CCC12CCOCC2. The van der Waals surface area contributed by atoms with Gasteiger partial charge in [-0.25, -0.2) is 4.39 Å². The van der Waals surface area contributed by atoms with Crippen molar-refractivity contribution in [3.8, 4) is 0 Å². The molecule has 1 aromatic rings. The molecule has 0 unspecified atom stereocenters. The van der Waals surface area contributed by atoms with Crippen LogP contribution in [-0.2, 0) is 19.7 Å². The Hall–Kier alpha value is -1.95. The van der Waals surface area contributed by atoms with Crippen molar-refractivity contribution in [1.29, 1.82) is 0 Å².